The van der Waals surface area contributed by atoms with Crippen molar-refractivity contribution < 1.29 is 0 Å². The average Bonchev–Trinajstić information content (AvgIpc) is 1.94. The molecule has 0 aliphatic heterocycles. The highest BCUT2D eigenvalue weighted by Gasteiger charge is 1.99. The van der Waals surface area contributed by atoms with Gasteiger partial charge >= 0.3 is 0 Å². The maximum Gasteiger partial charge on any atom is 0.0206 e. The summed E-state index contributed by atoms with van der Waals surface area (Å²) in [6.07, 6.45) is 0. The smallest absolute Gasteiger partial charge is 0.0206 e. The van der Waals surface area contributed by atoms with Crippen molar-refractivity contribution in [3.63, 3.8) is 0 Å². The van der Waals surface area contributed by atoms with Crippen molar-refractivity contribution >= 4 is 44.1 Å². The van der Waals surface area contributed by atoms with Gasteiger partial charge in [0.1, 0.15) is 0 Å². The lowest BCUT2D eigenvalue weighted by atomic mass is 10.1. The standard InChI is InChI=1S/C9H8BrI/c1-6(2)8-5-7(10)3-4-9(8)11/h3-5H,1H2,2H3. The third-order valence-corrected chi connectivity index (χ3v) is 2.82. The molecule has 11 heavy (non-hydrogen) atoms. The molecule has 0 unspecified atom stereocenters. The number of rotatable bonds is 1. The summed E-state index contributed by atoms with van der Waals surface area (Å²) in [5, 5.41) is 0. The Hall–Kier alpha value is 0.170. The van der Waals surface area contributed by atoms with Crippen molar-refractivity contribution in [1.29, 1.82) is 0 Å². The molecule has 1 aromatic rings. The SMILES string of the molecule is C=C(C)c1cc(Br)ccc1I. The summed E-state index contributed by atoms with van der Waals surface area (Å²) in [7, 11) is 0. The maximum absolute atomic E-state index is 3.90. The Balaban J connectivity index is 3.23. The van der Waals surface area contributed by atoms with Gasteiger partial charge in [-0.15, -0.1) is 0 Å². The van der Waals surface area contributed by atoms with E-state index in [0.717, 1.165) is 10.0 Å². The summed E-state index contributed by atoms with van der Waals surface area (Å²) in [5.74, 6) is 0. The van der Waals surface area contributed by atoms with Gasteiger partial charge in [-0.2, -0.15) is 0 Å². The first-order chi connectivity index (χ1) is 5.11. The van der Waals surface area contributed by atoms with Crippen LogP contribution < -0.4 is 0 Å². The molecule has 0 N–H and O–H groups in total. The Bertz CT molecular complexity index is 292. The molecule has 0 amide bonds. The fraction of sp³-hybridized carbons (Fsp3) is 0.111. The summed E-state index contributed by atoms with van der Waals surface area (Å²) < 4.78 is 2.36. The minimum Gasteiger partial charge on any atom is -0.0955 e. The van der Waals surface area contributed by atoms with Gasteiger partial charge in [-0.05, 0) is 58.9 Å². The first kappa shape index (κ1) is 9.26. The molecule has 0 aliphatic carbocycles. The topological polar surface area (TPSA) is 0 Å². The predicted molar refractivity (Wildman–Crippen MR) is 61.6 cm³/mol. The van der Waals surface area contributed by atoms with Gasteiger partial charge in [-0.3, -0.25) is 0 Å². The number of halogens is 2. The third kappa shape index (κ3) is 2.30. The Kier molecular flexibility index (Phi) is 3.13. The Labute approximate surface area is 89.0 Å². The van der Waals surface area contributed by atoms with Gasteiger partial charge in [0.15, 0.2) is 0 Å². The van der Waals surface area contributed by atoms with Gasteiger partial charge in [0, 0.05) is 8.04 Å². The molecule has 0 fully saturated rings. The largest absolute Gasteiger partial charge is 0.0955 e. The van der Waals surface area contributed by atoms with E-state index in [4.69, 9.17) is 0 Å². The van der Waals surface area contributed by atoms with Crippen LogP contribution in [0.5, 0.6) is 0 Å². The second-order valence-corrected chi connectivity index (χ2v) is 4.48. The third-order valence-electron chi connectivity index (χ3n) is 1.39. The van der Waals surface area contributed by atoms with Crippen molar-refractivity contribution in [2.75, 3.05) is 0 Å². The zero-order valence-electron chi connectivity index (χ0n) is 6.20. The quantitative estimate of drug-likeness (QED) is 0.683. The van der Waals surface area contributed by atoms with E-state index in [1.807, 2.05) is 13.0 Å². The molecule has 1 aromatic carbocycles. The minimum atomic E-state index is 1.11. The number of allylic oxidation sites excluding steroid dienone is 1. The van der Waals surface area contributed by atoms with Crippen LogP contribution in [0.25, 0.3) is 5.57 Å². The van der Waals surface area contributed by atoms with Gasteiger partial charge in [-0.25, -0.2) is 0 Å². The molecule has 0 aromatic heterocycles. The number of benzene rings is 1. The molecule has 0 spiro atoms. The van der Waals surface area contributed by atoms with Gasteiger partial charge < -0.3 is 0 Å². The summed E-state index contributed by atoms with van der Waals surface area (Å²) in [5.41, 5.74) is 2.33. The molecule has 0 atom stereocenters. The molecule has 0 saturated heterocycles. The average molecular weight is 323 g/mol. The lowest BCUT2D eigenvalue weighted by molar-refractivity contribution is 1.50. The lowest BCUT2D eigenvalue weighted by Gasteiger charge is -2.02. The molecule has 0 radical (unpaired) electrons. The summed E-state index contributed by atoms with van der Waals surface area (Å²) >= 11 is 5.73. The van der Waals surface area contributed by atoms with Crippen LogP contribution >= 0.6 is 38.5 Å². The van der Waals surface area contributed by atoms with Crippen LogP contribution in [-0.2, 0) is 0 Å². The molecule has 0 nitrogen and oxygen atoms in total. The zero-order valence-corrected chi connectivity index (χ0v) is 9.94. The van der Waals surface area contributed by atoms with Crippen molar-refractivity contribution in [3.8, 4) is 0 Å². The van der Waals surface area contributed by atoms with Crippen LogP contribution in [0.1, 0.15) is 12.5 Å². The zero-order chi connectivity index (χ0) is 8.43. The minimum absolute atomic E-state index is 1.11. The first-order valence-corrected chi connectivity index (χ1v) is 5.09. The van der Waals surface area contributed by atoms with Crippen molar-refractivity contribution in [3.05, 3.63) is 38.4 Å². The molecule has 0 heterocycles. The van der Waals surface area contributed by atoms with Crippen LogP contribution in [0, 0.1) is 3.57 Å². The van der Waals surface area contributed by atoms with Crippen LogP contribution in [-0.4, -0.2) is 0 Å². The molecular formula is C9H8BrI. The highest BCUT2D eigenvalue weighted by atomic mass is 127. The maximum atomic E-state index is 3.90. The van der Waals surface area contributed by atoms with E-state index in [-0.39, 0.29) is 0 Å². The van der Waals surface area contributed by atoms with E-state index in [0.29, 0.717) is 0 Å². The van der Waals surface area contributed by atoms with E-state index in [1.165, 1.54) is 9.13 Å². The van der Waals surface area contributed by atoms with Crippen LogP contribution in [0.15, 0.2) is 29.3 Å². The molecule has 58 valence electrons. The number of hydrogen-bond acceptors (Lipinski definition) is 0. The fourth-order valence-electron chi connectivity index (χ4n) is 0.825. The van der Waals surface area contributed by atoms with E-state index < -0.39 is 0 Å². The Morgan fingerprint density at radius 3 is 2.64 bits per heavy atom. The highest BCUT2D eigenvalue weighted by molar-refractivity contribution is 14.1. The van der Waals surface area contributed by atoms with Crippen molar-refractivity contribution in [2.24, 2.45) is 0 Å². The molecule has 0 saturated carbocycles. The van der Waals surface area contributed by atoms with E-state index >= 15 is 0 Å². The highest BCUT2D eigenvalue weighted by Crippen LogP contribution is 2.23. The molecule has 2 heteroatoms. The van der Waals surface area contributed by atoms with Gasteiger partial charge in [-0.1, -0.05) is 22.5 Å². The monoisotopic (exact) mass is 322 g/mol. The van der Waals surface area contributed by atoms with E-state index in [2.05, 4.69) is 57.2 Å². The van der Waals surface area contributed by atoms with Crippen LogP contribution in [0.4, 0.5) is 0 Å². The second kappa shape index (κ2) is 3.72. The van der Waals surface area contributed by atoms with Crippen LogP contribution in [0.2, 0.25) is 0 Å². The number of hydrogen-bond donors (Lipinski definition) is 0. The van der Waals surface area contributed by atoms with Crippen molar-refractivity contribution in [2.45, 2.75) is 6.92 Å². The van der Waals surface area contributed by atoms with Crippen LogP contribution in [0.3, 0.4) is 0 Å². The summed E-state index contributed by atoms with van der Waals surface area (Å²) in [4.78, 5) is 0. The van der Waals surface area contributed by atoms with Gasteiger partial charge in [0.05, 0.1) is 0 Å². The molecule has 0 bridgehead atoms. The summed E-state index contributed by atoms with van der Waals surface area (Å²) in [6.45, 7) is 5.92. The van der Waals surface area contributed by atoms with Gasteiger partial charge in [0.25, 0.3) is 0 Å². The molecule has 0 aliphatic rings. The summed E-state index contributed by atoms with van der Waals surface area (Å²) in [6, 6.07) is 6.20. The Morgan fingerprint density at radius 1 is 1.55 bits per heavy atom. The molecular weight excluding hydrogens is 315 g/mol. The molecule has 1 rings (SSSR count). The fourth-order valence-corrected chi connectivity index (χ4v) is 1.98. The predicted octanol–water partition coefficient (Wildman–Crippen LogP) is 4.09. The van der Waals surface area contributed by atoms with Gasteiger partial charge in [0.2, 0.25) is 0 Å². The lowest BCUT2D eigenvalue weighted by Crippen LogP contribution is -1.83. The second-order valence-electron chi connectivity index (χ2n) is 2.40. The Morgan fingerprint density at radius 2 is 2.18 bits per heavy atom. The van der Waals surface area contributed by atoms with E-state index in [9.17, 15) is 0 Å². The normalized spacial score (nSPS) is 9.73. The van der Waals surface area contributed by atoms with E-state index in [1.54, 1.807) is 0 Å². The first-order valence-electron chi connectivity index (χ1n) is 3.22. The van der Waals surface area contributed by atoms with Crippen molar-refractivity contribution in [1.82, 2.24) is 0 Å².